The highest BCUT2D eigenvalue weighted by Crippen LogP contribution is 2.67. The van der Waals surface area contributed by atoms with E-state index in [2.05, 4.69) is 32.6 Å². The third kappa shape index (κ3) is 1.97. The molecule has 0 radical (unpaired) electrons. The number of carbonyl (C=O) groups excluding carboxylic acids is 1. The number of nitrogens with zero attached hydrogens (tertiary/aromatic N) is 1. The zero-order valence-electron chi connectivity index (χ0n) is 16.1. The van der Waals surface area contributed by atoms with Crippen molar-refractivity contribution in [1.29, 1.82) is 0 Å². The first-order valence-corrected chi connectivity index (χ1v) is 10.1. The van der Waals surface area contributed by atoms with Crippen molar-refractivity contribution < 1.29 is 9.90 Å². The van der Waals surface area contributed by atoms with Gasteiger partial charge >= 0.3 is 0 Å². The molecule has 4 rings (SSSR count). The van der Waals surface area contributed by atoms with E-state index in [9.17, 15) is 9.90 Å². The number of amides is 1. The highest BCUT2D eigenvalue weighted by atomic mass is 16.3. The van der Waals surface area contributed by atoms with Gasteiger partial charge in [0.25, 0.3) is 0 Å². The van der Waals surface area contributed by atoms with E-state index in [4.69, 9.17) is 0 Å². The second-order valence-electron chi connectivity index (χ2n) is 10.2. The number of aliphatic hydroxyl groups excluding tert-OH is 1. The Kier molecular flexibility index (Phi) is 3.67. The number of fused-ring (bicyclic) bond motifs is 5. The minimum atomic E-state index is -0.119. The van der Waals surface area contributed by atoms with Crippen LogP contribution in [0.3, 0.4) is 0 Å². The molecule has 1 saturated heterocycles. The van der Waals surface area contributed by atoms with E-state index in [1.165, 1.54) is 6.42 Å². The first kappa shape index (κ1) is 16.9. The molecule has 4 fully saturated rings. The smallest absolute Gasteiger partial charge is 0.222 e. The van der Waals surface area contributed by atoms with Gasteiger partial charge in [-0.25, -0.2) is 0 Å². The lowest BCUT2D eigenvalue weighted by Crippen LogP contribution is -2.63. The minimum absolute atomic E-state index is 0.119. The Morgan fingerprint density at radius 1 is 1.08 bits per heavy atom. The van der Waals surface area contributed by atoms with E-state index in [1.54, 1.807) is 0 Å². The summed E-state index contributed by atoms with van der Waals surface area (Å²) < 4.78 is 0. The molecule has 3 saturated carbocycles. The predicted molar refractivity (Wildman–Crippen MR) is 95.3 cm³/mol. The van der Waals surface area contributed by atoms with E-state index < -0.39 is 0 Å². The predicted octanol–water partition coefficient (Wildman–Crippen LogP) is 3.70. The summed E-state index contributed by atoms with van der Waals surface area (Å²) in [6.45, 7) is 9.63. The Balaban J connectivity index is 1.73. The molecule has 1 N–H and O–H groups in total. The number of hydrogen-bond donors (Lipinski definition) is 1. The number of piperidine rings is 1. The molecular weight excluding hydrogens is 298 g/mol. The summed E-state index contributed by atoms with van der Waals surface area (Å²) in [5.74, 6) is 3.71. The van der Waals surface area contributed by atoms with Crippen molar-refractivity contribution in [3.8, 4) is 0 Å². The third-order valence-corrected chi connectivity index (χ3v) is 9.20. The molecule has 136 valence electrons. The molecule has 1 aliphatic heterocycles. The molecule has 1 amide bonds. The number of carbonyl (C=O) groups is 1. The van der Waals surface area contributed by atoms with Gasteiger partial charge in [-0.2, -0.15) is 0 Å². The van der Waals surface area contributed by atoms with Crippen LogP contribution in [0.2, 0.25) is 0 Å². The molecule has 3 nitrogen and oxygen atoms in total. The Labute approximate surface area is 147 Å². The third-order valence-electron chi connectivity index (χ3n) is 9.20. The fourth-order valence-corrected chi connectivity index (χ4v) is 7.93. The largest absolute Gasteiger partial charge is 0.393 e. The molecule has 3 heteroatoms. The van der Waals surface area contributed by atoms with Crippen molar-refractivity contribution in [2.24, 2.45) is 40.4 Å². The SMILES string of the molecule is CC1CC2N(C)C(=O)CC[C@]2(C)[C@@H]2CC[C@]3(C)C(O)CC(C)[C@H]3[C@H]12. The Hall–Kier alpha value is -0.570. The molecule has 3 aliphatic carbocycles. The van der Waals surface area contributed by atoms with Crippen LogP contribution in [-0.4, -0.2) is 35.1 Å². The lowest BCUT2D eigenvalue weighted by Gasteiger charge is -2.63. The standard InChI is InChI=1S/C21H35NO2/c1-12-10-15-20(3,9-7-17(24)22(15)5)14-6-8-21(4)16(23)11-13(2)19(21)18(12)14/h12-16,18-19,23H,6-11H2,1-5H3/t12?,13?,14-,15?,16?,18-,19+,20-,21-/m1/s1. The average Bonchev–Trinajstić information content (AvgIpc) is 2.76. The van der Waals surface area contributed by atoms with Gasteiger partial charge in [-0.15, -0.1) is 0 Å². The number of hydrogen-bond acceptors (Lipinski definition) is 2. The van der Waals surface area contributed by atoms with Crippen LogP contribution in [0.25, 0.3) is 0 Å². The topological polar surface area (TPSA) is 40.5 Å². The lowest BCUT2D eigenvalue weighted by molar-refractivity contribution is -0.171. The van der Waals surface area contributed by atoms with E-state index in [-0.39, 0.29) is 16.9 Å². The summed E-state index contributed by atoms with van der Waals surface area (Å²) in [4.78, 5) is 14.4. The van der Waals surface area contributed by atoms with Crippen molar-refractivity contribution in [2.45, 2.75) is 78.4 Å². The zero-order chi connectivity index (χ0) is 17.4. The summed E-state index contributed by atoms with van der Waals surface area (Å²) in [5.41, 5.74) is 0.392. The summed E-state index contributed by atoms with van der Waals surface area (Å²) in [6, 6.07) is 0.418. The van der Waals surface area contributed by atoms with Crippen molar-refractivity contribution in [3.05, 3.63) is 0 Å². The zero-order valence-corrected chi connectivity index (χ0v) is 16.1. The molecule has 4 unspecified atom stereocenters. The van der Waals surface area contributed by atoms with Crippen molar-refractivity contribution in [2.75, 3.05) is 7.05 Å². The van der Waals surface area contributed by atoms with Crippen LogP contribution in [0.15, 0.2) is 0 Å². The van der Waals surface area contributed by atoms with Gasteiger partial charge in [0.15, 0.2) is 0 Å². The van der Waals surface area contributed by atoms with Crippen LogP contribution < -0.4 is 0 Å². The highest BCUT2D eigenvalue weighted by Gasteiger charge is 2.64. The summed E-state index contributed by atoms with van der Waals surface area (Å²) in [6.07, 6.45) is 6.20. The molecule has 0 spiro atoms. The molecular formula is C21H35NO2. The Morgan fingerprint density at radius 2 is 1.79 bits per heavy atom. The van der Waals surface area contributed by atoms with Gasteiger partial charge < -0.3 is 10.0 Å². The lowest BCUT2D eigenvalue weighted by atomic mass is 9.44. The van der Waals surface area contributed by atoms with E-state index in [0.29, 0.717) is 35.6 Å². The summed E-state index contributed by atoms with van der Waals surface area (Å²) in [7, 11) is 2.03. The number of likely N-dealkylation sites (tertiary alicyclic amines) is 1. The quantitative estimate of drug-likeness (QED) is 0.734. The highest BCUT2D eigenvalue weighted by molar-refractivity contribution is 5.77. The molecule has 9 atom stereocenters. The van der Waals surface area contributed by atoms with Crippen LogP contribution in [0, 0.1) is 40.4 Å². The average molecular weight is 334 g/mol. The minimum Gasteiger partial charge on any atom is -0.393 e. The van der Waals surface area contributed by atoms with Crippen LogP contribution >= 0.6 is 0 Å². The molecule has 0 aromatic heterocycles. The maximum absolute atomic E-state index is 12.3. The maximum atomic E-state index is 12.3. The van der Waals surface area contributed by atoms with E-state index >= 15 is 0 Å². The molecule has 0 aromatic rings. The second-order valence-corrected chi connectivity index (χ2v) is 10.2. The van der Waals surface area contributed by atoms with Crippen molar-refractivity contribution in [1.82, 2.24) is 4.90 Å². The van der Waals surface area contributed by atoms with Crippen LogP contribution in [0.1, 0.15) is 66.2 Å². The van der Waals surface area contributed by atoms with Gasteiger partial charge in [0.2, 0.25) is 5.91 Å². The summed E-state index contributed by atoms with van der Waals surface area (Å²) in [5, 5.41) is 10.8. The van der Waals surface area contributed by atoms with Crippen molar-refractivity contribution in [3.63, 3.8) is 0 Å². The van der Waals surface area contributed by atoms with Crippen LogP contribution in [0.5, 0.6) is 0 Å². The van der Waals surface area contributed by atoms with Gasteiger partial charge in [-0.05, 0) is 72.5 Å². The van der Waals surface area contributed by atoms with Crippen LogP contribution in [0.4, 0.5) is 0 Å². The van der Waals surface area contributed by atoms with E-state index in [0.717, 1.165) is 38.0 Å². The molecule has 1 heterocycles. The van der Waals surface area contributed by atoms with Gasteiger partial charge in [-0.1, -0.05) is 27.7 Å². The van der Waals surface area contributed by atoms with Gasteiger partial charge in [0.1, 0.15) is 0 Å². The Bertz CT molecular complexity index is 548. The van der Waals surface area contributed by atoms with Crippen LogP contribution in [-0.2, 0) is 4.79 Å². The second kappa shape index (κ2) is 5.22. The van der Waals surface area contributed by atoms with Gasteiger partial charge in [-0.3, -0.25) is 4.79 Å². The van der Waals surface area contributed by atoms with Gasteiger partial charge in [0.05, 0.1) is 6.10 Å². The van der Waals surface area contributed by atoms with Crippen molar-refractivity contribution >= 4 is 5.91 Å². The maximum Gasteiger partial charge on any atom is 0.222 e. The molecule has 4 aliphatic rings. The summed E-state index contributed by atoms with van der Waals surface area (Å²) >= 11 is 0. The fraction of sp³-hybridized carbons (Fsp3) is 0.952. The van der Waals surface area contributed by atoms with E-state index in [1.807, 2.05) is 7.05 Å². The Morgan fingerprint density at radius 3 is 2.50 bits per heavy atom. The molecule has 0 aromatic carbocycles. The normalized spacial score (nSPS) is 57.3. The number of rotatable bonds is 0. The first-order chi connectivity index (χ1) is 11.2. The first-order valence-electron chi connectivity index (χ1n) is 10.1. The number of aliphatic hydroxyl groups is 1. The molecule has 24 heavy (non-hydrogen) atoms. The fourth-order valence-electron chi connectivity index (χ4n) is 7.93. The monoisotopic (exact) mass is 333 g/mol. The van der Waals surface area contributed by atoms with Gasteiger partial charge in [0, 0.05) is 19.5 Å². The molecule has 0 bridgehead atoms.